The zero-order valence-electron chi connectivity index (χ0n) is 11.2. The fraction of sp³-hybridized carbons (Fsp3) is 0.214. The molecule has 0 radical (unpaired) electrons. The highest BCUT2D eigenvalue weighted by molar-refractivity contribution is 5.85. The van der Waals surface area contributed by atoms with E-state index in [1.165, 1.54) is 10.6 Å². The summed E-state index contributed by atoms with van der Waals surface area (Å²) in [5.74, 6) is -1.62. The Kier molecular flexibility index (Phi) is 4.21. The molecule has 21 heavy (non-hydrogen) atoms. The Bertz CT molecular complexity index is 699. The minimum atomic E-state index is -4.75. The molecule has 2 rings (SSSR count). The first-order chi connectivity index (χ1) is 9.86. The average Bonchev–Trinajstić information content (AvgIpc) is 2.42. The van der Waals surface area contributed by atoms with Gasteiger partial charge in [0.1, 0.15) is 5.49 Å². The number of hydrogen-bond donors (Lipinski definition) is 1. The molecule has 0 aliphatic rings. The summed E-state index contributed by atoms with van der Waals surface area (Å²) in [4.78, 5) is 7.48. The lowest BCUT2D eigenvalue weighted by Gasteiger charge is -2.08. The van der Waals surface area contributed by atoms with Crippen molar-refractivity contribution in [3.8, 4) is 0 Å². The number of aromatic nitrogens is 2. The standard InChI is InChI=1S/C14H13F3N4/c1-10-5-6-11(8-19-10)9-21-7-3-2-4-12(21)20-13(18)14(15,16)17/h2-8,18H,9H2,1H3. The van der Waals surface area contributed by atoms with E-state index in [0.717, 1.165) is 11.3 Å². The van der Waals surface area contributed by atoms with E-state index in [0.29, 0.717) is 6.54 Å². The molecule has 1 N–H and O–H groups in total. The Morgan fingerprint density at radius 2 is 2.05 bits per heavy atom. The van der Waals surface area contributed by atoms with E-state index in [1.807, 2.05) is 19.1 Å². The third-order valence-corrected chi connectivity index (χ3v) is 2.74. The number of nitrogens with zero attached hydrogens (tertiary/aromatic N) is 3. The lowest BCUT2D eigenvalue weighted by atomic mass is 10.2. The van der Waals surface area contributed by atoms with Crippen LogP contribution in [-0.2, 0) is 6.54 Å². The van der Waals surface area contributed by atoms with E-state index in [2.05, 4.69) is 9.98 Å². The van der Waals surface area contributed by atoms with Crippen LogP contribution in [0.1, 0.15) is 11.3 Å². The predicted molar refractivity (Wildman–Crippen MR) is 71.9 cm³/mol. The Balaban J connectivity index is 2.35. The quantitative estimate of drug-likeness (QED) is 0.672. The van der Waals surface area contributed by atoms with Crippen LogP contribution in [0.2, 0.25) is 0 Å². The predicted octanol–water partition coefficient (Wildman–Crippen LogP) is 2.68. The highest BCUT2D eigenvalue weighted by Crippen LogP contribution is 2.16. The van der Waals surface area contributed by atoms with Crippen molar-refractivity contribution in [2.45, 2.75) is 19.6 Å². The zero-order valence-corrected chi connectivity index (χ0v) is 11.2. The summed E-state index contributed by atoms with van der Waals surface area (Å²) >= 11 is 0. The molecule has 0 aliphatic heterocycles. The minimum absolute atomic E-state index is 0.0698. The Morgan fingerprint density at radius 1 is 1.29 bits per heavy atom. The van der Waals surface area contributed by atoms with Gasteiger partial charge in [0.05, 0.1) is 6.54 Å². The Hall–Kier alpha value is -2.44. The number of pyridine rings is 2. The van der Waals surface area contributed by atoms with Gasteiger partial charge in [0.25, 0.3) is 0 Å². The molecule has 0 aliphatic carbocycles. The van der Waals surface area contributed by atoms with Crippen LogP contribution in [0.25, 0.3) is 0 Å². The lowest BCUT2D eigenvalue weighted by Crippen LogP contribution is -2.27. The maximum absolute atomic E-state index is 12.4. The van der Waals surface area contributed by atoms with Gasteiger partial charge in [-0.15, -0.1) is 0 Å². The summed E-state index contributed by atoms with van der Waals surface area (Å²) in [6.45, 7) is 2.18. The molecule has 0 atom stereocenters. The average molecular weight is 294 g/mol. The van der Waals surface area contributed by atoms with Crippen LogP contribution in [0.4, 0.5) is 13.2 Å². The highest BCUT2D eigenvalue weighted by atomic mass is 19.4. The molecule has 7 heteroatoms. The van der Waals surface area contributed by atoms with Gasteiger partial charge in [-0.1, -0.05) is 12.1 Å². The molecule has 2 aromatic rings. The van der Waals surface area contributed by atoms with Gasteiger partial charge >= 0.3 is 6.18 Å². The van der Waals surface area contributed by atoms with Crippen molar-refractivity contribution in [1.82, 2.24) is 9.55 Å². The highest BCUT2D eigenvalue weighted by Gasteiger charge is 2.34. The molecule has 0 aromatic carbocycles. The van der Waals surface area contributed by atoms with Crippen LogP contribution in [-0.4, -0.2) is 21.6 Å². The first kappa shape index (κ1) is 15.0. The fourth-order valence-electron chi connectivity index (χ4n) is 1.67. The van der Waals surface area contributed by atoms with E-state index in [9.17, 15) is 13.2 Å². The van der Waals surface area contributed by atoms with Crippen molar-refractivity contribution in [3.63, 3.8) is 0 Å². The van der Waals surface area contributed by atoms with Crippen molar-refractivity contribution in [2.24, 2.45) is 4.99 Å². The maximum Gasteiger partial charge on any atom is 0.451 e. The van der Waals surface area contributed by atoms with Crippen LogP contribution in [0.5, 0.6) is 0 Å². The summed E-state index contributed by atoms with van der Waals surface area (Å²) in [7, 11) is 0. The molecule has 0 saturated carbocycles. The van der Waals surface area contributed by atoms with Crippen LogP contribution in [0, 0.1) is 12.3 Å². The summed E-state index contributed by atoms with van der Waals surface area (Å²) in [5.41, 5.74) is 1.77. The SMILES string of the molecule is Cc1ccc(Cn2ccccc2=NC(=N)C(F)(F)F)cn1. The second-order valence-corrected chi connectivity index (χ2v) is 4.45. The van der Waals surface area contributed by atoms with Crippen molar-refractivity contribution in [2.75, 3.05) is 0 Å². The molecule has 0 amide bonds. The number of alkyl halides is 3. The maximum atomic E-state index is 12.4. The summed E-state index contributed by atoms with van der Waals surface area (Å²) in [5, 5.41) is 6.96. The molecule has 4 nitrogen and oxygen atoms in total. The van der Waals surface area contributed by atoms with E-state index < -0.39 is 12.0 Å². The first-order valence-corrected chi connectivity index (χ1v) is 6.14. The number of rotatable bonds is 2. The molecule has 2 heterocycles. The van der Waals surface area contributed by atoms with Crippen LogP contribution < -0.4 is 5.49 Å². The second-order valence-electron chi connectivity index (χ2n) is 4.45. The number of amidine groups is 1. The molecule has 0 saturated heterocycles. The van der Waals surface area contributed by atoms with Gasteiger partial charge in [0, 0.05) is 18.1 Å². The number of halogens is 3. The third-order valence-electron chi connectivity index (χ3n) is 2.74. The van der Waals surface area contributed by atoms with Crippen LogP contribution in [0.3, 0.4) is 0 Å². The topological polar surface area (TPSA) is 54.0 Å². The first-order valence-electron chi connectivity index (χ1n) is 6.14. The van der Waals surface area contributed by atoms with Gasteiger partial charge in [-0.25, -0.2) is 4.99 Å². The van der Waals surface area contributed by atoms with Gasteiger partial charge in [0.2, 0.25) is 5.84 Å². The van der Waals surface area contributed by atoms with Crippen molar-refractivity contribution >= 4 is 5.84 Å². The summed E-state index contributed by atoms with van der Waals surface area (Å²) in [6.07, 6.45) is -1.48. The van der Waals surface area contributed by atoms with Gasteiger partial charge < -0.3 is 4.57 Å². The molecule has 0 bridgehead atoms. The van der Waals surface area contributed by atoms with Crippen LogP contribution >= 0.6 is 0 Å². The molecule has 0 spiro atoms. The third kappa shape index (κ3) is 4.01. The van der Waals surface area contributed by atoms with Crippen molar-refractivity contribution in [1.29, 1.82) is 5.41 Å². The lowest BCUT2D eigenvalue weighted by molar-refractivity contribution is -0.0606. The fourth-order valence-corrected chi connectivity index (χ4v) is 1.67. The normalized spacial score (nSPS) is 12.5. The minimum Gasteiger partial charge on any atom is -0.328 e. The van der Waals surface area contributed by atoms with E-state index in [4.69, 9.17) is 5.41 Å². The van der Waals surface area contributed by atoms with E-state index >= 15 is 0 Å². The van der Waals surface area contributed by atoms with Gasteiger partial charge in [-0.3, -0.25) is 10.4 Å². The number of hydrogen-bond acceptors (Lipinski definition) is 2. The number of nitrogens with one attached hydrogen (secondary N) is 1. The van der Waals surface area contributed by atoms with E-state index in [-0.39, 0.29) is 5.49 Å². The van der Waals surface area contributed by atoms with Crippen LogP contribution in [0.15, 0.2) is 47.7 Å². The van der Waals surface area contributed by atoms with E-state index in [1.54, 1.807) is 24.5 Å². The molecular weight excluding hydrogens is 281 g/mol. The molecular formula is C14H13F3N4. The summed E-state index contributed by atoms with van der Waals surface area (Å²) in [6, 6.07) is 8.38. The molecule has 2 aromatic heterocycles. The largest absolute Gasteiger partial charge is 0.451 e. The zero-order chi connectivity index (χ0) is 15.5. The Morgan fingerprint density at radius 3 is 2.67 bits per heavy atom. The number of aryl methyl sites for hydroxylation is 1. The monoisotopic (exact) mass is 294 g/mol. The Labute approximate surface area is 119 Å². The molecule has 0 fully saturated rings. The smallest absolute Gasteiger partial charge is 0.328 e. The van der Waals surface area contributed by atoms with Gasteiger partial charge in [-0.05, 0) is 30.7 Å². The van der Waals surface area contributed by atoms with Crippen molar-refractivity contribution < 1.29 is 13.2 Å². The molecule has 110 valence electrons. The van der Waals surface area contributed by atoms with Gasteiger partial charge in [0.15, 0.2) is 0 Å². The van der Waals surface area contributed by atoms with Gasteiger partial charge in [-0.2, -0.15) is 13.2 Å². The molecule has 0 unspecified atom stereocenters. The van der Waals surface area contributed by atoms with Crippen molar-refractivity contribution in [3.05, 3.63) is 59.5 Å². The second kappa shape index (κ2) is 5.90. The summed E-state index contributed by atoms with van der Waals surface area (Å²) < 4.78 is 38.7.